The second-order valence-corrected chi connectivity index (χ2v) is 3.40. The van der Waals surface area contributed by atoms with Gasteiger partial charge in [0.05, 0.1) is 23.9 Å². The van der Waals surface area contributed by atoms with Gasteiger partial charge in [0, 0.05) is 5.33 Å². The van der Waals surface area contributed by atoms with Crippen LogP contribution in [-0.4, -0.2) is 4.98 Å². The molecule has 0 aliphatic carbocycles. The van der Waals surface area contributed by atoms with Gasteiger partial charge in [-0.25, -0.2) is 13.8 Å². The molecule has 0 radical (unpaired) electrons. The largest absolute Gasteiger partial charge is 0.397 e. The lowest BCUT2D eigenvalue weighted by atomic mass is 10.1. The molecule has 0 saturated carbocycles. The Labute approximate surface area is 94.0 Å². The smallest absolute Gasteiger partial charge is 0.280 e. The Balaban J connectivity index is 3.26. The van der Waals surface area contributed by atoms with Crippen LogP contribution in [0.2, 0.25) is 0 Å². The zero-order valence-electron chi connectivity index (χ0n) is 7.67. The van der Waals surface area contributed by atoms with Crippen molar-refractivity contribution in [3.63, 3.8) is 0 Å². The lowest BCUT2D eigenvalue weighted by Crippen LogP contribution is -2.05. The summed E-state index contributed by atoms with van der Waals surface area (Å²) in [4.78, 5) is 3.74. The number of rotatable bonds is 3. The fourth-order valence-electron chi connectivity index (χ4n) is 1.15. The summed E-state index contributed by atoms with van der Waals surface area (Å²) in [5.41, 5.74) is 6.10. The van der Waals surface area contributed by atoms with Crippen LogP contribution in [0.15, 0.2) is 6.07 Å². The van der Waals surface area contributed by atoms with E-state index < -0.39 is 6.43 Å². The summed E-state index contributed by atoms with van der Waals surface area (Å²) in [7, 11) is 0. The molecule has 1 rings (SSSR count). The van der Waals surface area contributed by atoms with Gasteiger partial charge in [0.15, 0.2) is 0 Å². The van der Waals surface area contributed by atoms with Crippen LogP contribution in [0.5, 0.6) is 0 Å². The number of pyridine rings is 1. The number of nitrogen functional groups attached to an aromatic ring is 1. The minimum atomic E-state index is -2.69. The summed E-state index contributed by atoms with van der Waals surface area (Å²) < 4.78 is 25.1. The number of nitrogens with zero attached hydrogens (tertiary/aromatic N) is 2. The van der Waals surface area contributed by atoms with Gasteiger partial charge in [-0.3, -0.25) is 0 Å². The molecule has 0 fully saturated rings. The standard InChI is InChI=1S/C9H8BrF2N3/c10-4-7-6(14)3-5(1-2-13)8(15-7)9(11)12/h3,9H,1,4,14H2. The molecule has 0 bridgehead atoms. The number of nitrogens with two attached hydrogens (primary N) is 1. The molecule has 15 heavy (non-hydrogen) atoms. The van der Waals surface area contributed by atoms with E-state index in [0.29, 0.717) is 16.7 Å². The molecule has 0 spiro atoms. The maximum absolute atomic E-state index is 12.6. The molecule has 2 N–H and O–H groups in total. The third kappa shape index (κ3) is 2.63. The highest BCUT2D eigenvalue weighted by atomic mass is 79.9. The third-order valence-electron chi connectivity index (χ3n) is 1.85. The Morgan fingerprint density at radius 3 is 2.73 bits per heavy atom. The maximum atomic E-state index is 12.6. The Kier molecular flexibility index (Phi) is 3.97. The van der Waals surface area contributed by atoms with Crippen LogP contribution in [0.1, 0.15) is 23.4 Å². The van der Waals surface area contributed by atoms with Crippen molar-refractivity contribution < 1.29 is 8.78 Å². The van der Waals surface area contributed by atoms with Gasteiger partial charge >= 0.3 is 0 Å². The van der Waals surface area contributed by atoms with Crippen LogP contribution in [0.25, 0.3) is 0 Å². The van der Waals surface area contributed by atoms with Crippen molar-refractivity contribution in [2.24, 2.45) is 0 Å². The minimum Gasteiger partial charge on any atom is -0.397 e. The molecule has 1 aromatic heterocycles. The summed E-state index contributed by atoms with van der Waals surface area (Å²) in [5, 5.41) is 8.78. The predicted molar refractivity (Wildman–Crippen MR) is 55.6 cm³/mol. The van der Waals surface area contributed by atoms with Crippen LogP contribution in [-0.2, 0) is 11.8 Å². The summed E-state index contributed by atoms with van der Waals surface area (Å²) in [5.74, 6) is 0. The first-order valence-corrected chi connectivity index (χ1v) is 5.21. The zero-order chi connectivity index (χ0) is 11.4. The molecule has 1 heterocycles. The molecule has 0 atom stereocenters. The van der Waals surface area contributed by atoms with E-state index in [-0.39, 0.29) is 17.7 Å². The first kappa shape index (κ1) is 11.9. The van der Waals surface area contributed by atoms with Gasteiger partial charge in [0.2, 0.25) is 0 Å². The van der Waals surface area contributed by atoms with Crippen LogP contribution in [0, 0.1) is 11.3 Å². The third-order valence-corrected chi connectivity index (χ3v) is 2.38. The van der Waals surface area contributed by atoms with Crippen molar-refractivity contribution >= 4 is 21.6 Å². The van der Waals surface area contributed by atoms with E-state index >= 15 is 0 Å². The van der Waals surface area contributed by atoms with Gasteiger partial charge < -0.3 is 5.73 Å². The Morgan fingerprint density at radius 1 is 1.60 bits per heavy atom. The second kappa shape index (κ2) is 5.03. The van der Waals surface area contributed by atoms with Gasteiger partial charge in [-0.2, -0.15) is 5.26 Å². The number of hydrogen-bond donors (Lipinski definition) is 1. The number of halogens is 3. The Hall–Kier alpha value is -1.22. The van der Waals surface area contributed by atoms with Crippen LogP contribution >= 0.6 is 15.9 Å². The van der Waals surface area contributed by atoms with Gasteiger partial charge in [-0.15, -0.1) is 0 Å². The normalized spacial score (nSPS) is 10.3. The van der Waals surface area contributed by atoms with E-state index in [4.69, 9.17) is 11.0 Å². The number of nitriles is 1. The van der Waals surface area contributed by atoms with Crippen molar-refractivity contribution in [3.8, 4) is 6.07 Å². The summed E-state index contributed by atoms with van der Waals surface area (Å²) in [6, 6.07) is 3.19. The summed E-state index contributed by atoms with van der Waals surface area (Å²) in [6.45, 7) is 0. The Bertz CT molecular complexity index is 401. The van der Waals surface area contributed by atoms with Crippen LogP contribution in [0.3, 0.4) is 0 Å². The topological polar surface area (TPSA) is 62.7 Å². The number of hydrogen-bond acceptors (Lipinski definition) is 3. The lowest BCUT2D eigenvalue weighted by Gasteiger charge is -2.09. The van der Waals surface area contributed by atoms with Crippen molar-refractivity contribution in [1.82, 2.24) is 4.98 Å². The van der Waals surface area contributed by atoms with Gasteiger partial charge in [0.25, 0.3) is 6.43 Å². The predicted octanol–water partition coefficient (Wildman–Crippen LogP) is 2.56. The van der Waals surface area contributed by atoms with Crippen molar-refractivity contribution in [2.45, 2.75) is 18.2 Å². The first-order valence-electron chi connectivity index (χ1n) is 4.09. The molecule has 3 nitrogen and oxygen atoms in total. The zero-order valence-corrected chi connectivity index (χ0v) is 9.26. The molecular weight excluding hydrogens is 268 g/mol. The highest BCUT2D eigenvalue weighted by molar-refractivity contribution is 9.08. The van der Waals surface area contributed by atoms with E-state index in [1.165, 1.54) is 6.07 Å². The highest BCUT2D eigenvalue weighted by Crippen LogP contribution is 2.25. The molecule has 80 valence electrons. The average molecular weight is 276 g/mol. The molecule has 0 amide bonds. The number of alkyl halides is 3. The maximum Gasteiger partial charge on any atom is 0.280 e. The molecule has 6 heteroatoms. The summed E-state index contributed by atoms with van der Waals surface area (Å²) in [6.07, 6.45) is -2.80. The Morgan fingerprint density at radius 2 is 2.27 bits per heavy atom. The van der Waals surface area contributed by atoms with E-state index in [0.717, 1.165) is 0 Å². The first-order chi connectivity index (χ1) is 7.10. The molecular formula is C9H8BrF2N3. The van der Waals surface area contributed by atoms with Crippen molar-refractivity contribution in [2.75, 3.05) is 5.73 Å². The van der Waals surface area contributed by atoms with E-state index in [2.05, 4.69) is 20.9 Å². The lowest BCUT2D eigenvalue weighted by molar-refractivity contribution is 0.145. The van der Waals surface area contributed by atoms with E-state index in [9.17, 15) is 8.78 Å². The molecule has 1 aromatic rings. The summed E-state index contributed by atoms with van der Waals surface area (Å²) >= 11 is 3.10. The van der Waals surface area contributed by atoms with E-state index in [1.807, 2.05) is 0 Å². The van der Waals surface area contributed by atoms with Crippen LogP contribution < -0.4 is 5.73 Å². The average Bonchev–Trinajstić information content (AvgIpc) is 2.18. The quantitative estimate of drug-likeness (QED) is 0.863. The van der Waals surface area contributed by atoms with Crippen LogP contribution in [0.4, 0.5) is 14.5 Å². The molecule has 0 aliphatic heterocycles. The minimum absolute atomic E-state index is 0.112. The molecule has 0 aromatic carbocycles. The molecule has 0 aliphatic rings. The van der Waals surface area contributed by atoms with E-state index in [1.54, 1.807) is 6.07 Å². The van der Waals surface area contributed by atoms with Gasteiger partial charge in [-0.1, -0.05) is 15.9 Å². The number of aromatic nitrogens is 1. The van der Waals surface area contributed by atoms with Gasteiger partial charge in [-0.05, 0) is 11.6 Å². The fourth-order valence-corrected chi connectivity index (χ4v) is 1.60. The monoisotopic (exact) mass is 275 g/mol. The van der Waals surface area contributed by atoms with Crippen molar-refractivity contribution in [1.29, 1.82) is 5.26 Å². The van der Waals surface area contributed by atoms with Crippen molar-refractivity contribution in [3.05, 3.63) is 23.0 Å². The molecule has 0 saturated heterocycles. The number of anilines is 1. The second-order valence-electron chi connectivity index (χ2n) is 2.84. The highest BCUT2D eigenvalue weighted by Gasteiger charge is 2.17. The fraction of sp³-hybridized carbons (Fsp3) is 0.333. The SMILES string of the molecule is N#CCc1cc(N)c(CBr)nc1C(F)F. The molecule has 0 unspecified atom stereocenters. The van der Waals surface area contributed by atoms with Gasteiger partial charge in [0.1, 0.15) is 5.69 Å².